The minimum atomic E-state index is -3.68. The van der Waals surface area contributed by atoms with Gasteiger partial charge in [0.25, 0.3) is 0 Å². The third-order valence-corrected chi connectivity index (χ3v) is 7.04. The van der Waals surface area contributed by atoms with Gasteiger partial charge in [-0.1, -0.05) is 12.2 Å². The van der Waals surface area contributed by atoms with Crippen molar-refractivity contribution in [3.05, 3.63) is 56.7 Å². The van der Waals surface area contributed by atoms with E-state index < -0.39 is 10.0 Å². The van der Waals surface area contributed by atoms with E-state index in [1.54, 1.807) is 23.5 Å². The summed E-state index contributed by atoms with van der Waals surface area (Å²) in [7, 11) is -3.68. The zero-order valence-electron chi connectivity index (χ0n) is 12.1. The molecule has 0 bridgehead atoms. The number of sulfonamides is 1. The maximum Gasteiger partial charge on any atom is 0.238 e. The highest BCUT2D eigenvalue weighted by molar-refractivity contribution is 9.11. The van der Waals surface area contributed by atoms with Crippen molar-refractivity contribution < 1.29 is 8.42 Å². The van der Waals surface area contributed by atoms with Gasteiger partial charge in [-0.2, -0.15) is 0 Å². The van der Waals surface area contributed by atoms with Crippen LogP contribution in [0.4, 0.5) is 5.69 Å². The maximum atomic E-state index is 11.6. The quantitative estimate of drug-likeness (QED) is 0.735. The van der Waals surface area contributed by atoms with Crippen LogP contribution in [0.1, 0.15) is 29.5 Å². The second-order valence-electron chi connectivity index (χ2n) is 5.95. The van der Waals surface area contributed by atoms with Crippen LogP contribution in [0.3, 0.4) is 0 Å². The van der Waals surface area contributed by atoms with Gasteiger partial charge < -0.3 is 5.32 Å². The number of hydrogen-bond acceptors (Lipinski definition) is 4. The molecular weight excluding hydrogens is 396 g/mol. The number of allylic oxidation sites excluding steroid dienone is 2. The molecule has 1 aliphatic carbocycles. The van der Waals surface area contributed by atoms with Crippen LogP contribution in [0.5, 0.6) is 0 Å². The van der Waals surface area contributed by atoms with Crippen molar-refractivity contribution in [1.82, 2.24) is 0 Å². The fourth-order valence-corrected chi connectivity index (χ4v) is 5.33. The van der Waals surface area contributed by atoms with Gasteiger partial charge in [0.2, 0.25) is 10.0 Å². The van der Waals surface area contributed by atoms with Gasteiger partial charge in [0.05, 0.1) is 14.7 Å². The summed E-state index contributed by atoms with van der Waals surface area (Å²) >= 11 is 5.21. The number of hydrogen-bond donors (Lipinski definition) is 2. The van der Waals surface area contributed by atoms with Crippen LogP contribution in [0.25, 0.3) is 0 Å². The zero-order valence-corrected chi connectivity index (χ0v) is 15.3. The summed E-state index contributed by atoms with van der Waals surface area (Å²) in [5.41, 5.74) is 3.26. The zero-order chi connectivity index (χ0) is 16.2. The summed E-state index contributed by atoms with van der Waals surface area (Å²) in [4.78, 5) is 0.175. The Hall–Kier alpha value is -1.15. The number of primary sulfonamides is 1. The van der Waals surface area contributed by atoms with Crippen molar-refractivity contribution in [2.45, 2.75) is 23.3 Å². The highest BCUT2D eigenvalue weighted by atomic mass is 79.9. The minimum absolute atomic E-state index is 0.175. The SMILES string of the molecule is NS(=O)(=O)c1ccc2c(c1)[C@H]1C=CC[C@H]1[C@@H](c1csc(Br)c1)N2. The summed E-state index contributed by atoms with van der Waals surface area (Å²) in [6.07, 6.45) is 5.35. The first-order valence-corrected chi connectivity index (χ1v) is 10.5. The molecule has 2 aromatic rings. The lowest BCUT2D eigenvalue weighted by Gasteiger charge is -2.37. The molecule has 0 saturated carbocycles. The van der Waals surface area contributed by atoms with E-state index in [-0.39, 0.29) is 16.9 Å². The maximum absolute atomic E-state index is 11.6. The van der Waals surface area contributed by atoms with E-state index in [4.69, 9.17) is 5.14 Å². The minimum Gasteiger partial charge on any atom is -0.378 e. The lowest BCUT2D eigenvalue weighted by Crippen LogP contribution is -2.29. The third kappa shape index (κ3) is 2.65. The second kappa shape index (κ2) is 5.44. The number of anilines is 1. The van der Waals surface area contributed by atoms with Crippen LogP contribution >= 0.6 is 27.3 Å². The molecule has 0 fully saturated rings. The number of nitrogens with one attached hydrogen (secondary N) is 1. The molecule has 1 aliphatic heterocycles. The number of rotatable bonds is 2. The van der Waals surface area contributed by atoms with Crippen molar-refractivity contribution in [1.29, 1.82) is 0 Å². The molecular formula is C16H15BrN2O2S2. The van der Waals surface area contributed by atoms with E-state index in [0.29, 0.717) is 5.92 Å². The van der Waals surface area contributed by atoms with Gasteiger partial charge in [-0.3, -0.25) is 0 Å². The molecule has 4 nitrogen and oxygen atoms in total. The van der Waals surface area contributed by atoms with Crippen molar-refractivity contribution in [3.63, 3.8) is 0 Å². The highest BCUT2D eigenvalue weighted by Gasteiger charge is 2.38. The Kier molecular flexibility index (Phi) is 3.64. The predicted molar refractivity (Wildman–Crippen MR) is 96.2 cm³/mol. The van der Waals surface area contributed by atoms with Crippen LogP contribution < -0.4 is 10.5 Å². The van der Waals surface area contributed by atoms with Crippen LogP contribution in [0.2, 0.25) is 0 Å². The number of fused-ring (bicyclic) bond motifs is 3. The van der Waals surface area contributed by atoms with E-state index in [1.807, 2.05) is 6.07 Å². The molecule has 23 heavy (non-hydrogen) atoms. The van der Waals surface area contributed by atoms with Gasteiger partial charge in [-0.05, 0) is 69.0 Å². The Labute approximate surface area is 147 Å². The molecule has 0 saturated heterocycles. The summed E-state index contributed by atoms with van der Waals surface area (Å²) in [5.74, 6) is 0.608. The average molecular weight is 411 g/mol. The first-order chi connectivity index (χ1) is 10.9. The molecule has 3 atom stereocenters. The van der Waals surface area contributed by atoms with Gasteiger partial charge in [-0.25, -0.2) is 13.6 Å². The smallest absolute Gasteiger partial charge is 0.238 e. The fourth-order valence-electron chi connectivity index (χ4n) is 3.57. The standard InChI is InChI=1S/C16H15BrN2O2S2/c17-15-6-9(8-22-15)16-12-3-1-2-11(12)13-7-10(23(18,20)21)4-5-14(13)19-16/h1-2,4-8,11-12,16,19H,3H2,(H2,18,20,21)/t11-,12+,16+/m0/s1. The monoisotopic (exact) mass is 410 g/mol. The molecule has 3 N–H and O–H groups in total. The van der Waals surface area contributed by atoms with Crippen LogP contribution in [0, 0.1) is 5.92 Å². The molecule has 0 unspecified atom stereocenters. The predicted octanol–water partition coefficient (Wildman–Crippen LogP) is 3.98. The van der Waals surface area contributed by atoms with Gasteiger partial charge in [0, 0.05) is 11.6 Å². The molecule has 2 heterocycles. The van der Waals surface area contributed by atoms with E-state index >= 15 is 0 Å². The van der Waals surface area contributed by atoms with E-state index in [1.165, 1.54) is 5.56 Å². The summed E-state index contributed by atoms with van der Waals surface area (Å²) in [5, 5.41) is 11.0. The van der Waals surface area contributed by atoms with Crippen molar-refractivity contribution in [3.8, 4) is 0 Å². The van der Waals surface area contributed by atoms with Crippen molar-refractivity contribution in [2.75, 3.05) is 5.32 Å². The number of benzene rings is 1. The Morgan fingerprint density at radius 3 is 2.83 bits per heavy atom. The largest absolute Gasteiger partial charge is 0.378 e. The normalized spacial score (nSPS) is 25.7. The Morgan fingerprint density at radius 2 is 2.13 bits per heavy atom. The molecule has 1 aromatic heterocycles. The summed E-state index contributed by atoms with van der Waals surface area (Å²) < 4.78 is 24.4. The molecule has 2 aliphatic rings. The first kappa shape index (κ1) is 15.4. The van der Waals surface area contributed by atoms with Crippen LogP contribution in [0.15, 0.2) is 50.5 Å². The highest BCUT2D eigenvalue weighted by Crippen LogP contribution is 2.50. The van der Waals surface area contributed by atoms with E-state index in [9.17, 15) is 8.42 Å². The molecule has 4 rings (SSSR count). The lowest BCUT2D eigenvalue weighted by atomic mass is 9.77. The van der Waals surface area contributed by atoms with Crippen molar-refractivity contribution >= 4 is 43.0 Å². The number of nitrogens with two attached hydrogens (primary N) is 1. The Morgan fingerprint density at radius 1 is 1.30 bits per heavy atom. The Bertz CT molecular complexity index is 905. The number of halogens is 1. The van der Waals surface area contributed by atoms with Gasteiger partial charge in [-0.15, -0.1) is 11.3 Å². The fraction of sp³-hybridized carbons (Fsp3) is 0.250. The average Bonchev–Trinajstić information content (AvgIpc) is 3.13. The summed E-state index contributed by atoms with van der Waals surface area (Å²) in [6.45, 7) is 0. The molecule has 7 heteroatoms. The van der Waals surface area contributed by atoms with Crippen LogP contribution in [-0.4, -0.2) is 8.42 Å². The Balaban J connectivity index is 1.80. The molecule has 0 amide bonds. The van der Waals surface area contributed by atoms with Gasteiger partial charge >= 0.3 is 0 Å². The summed E-state index contributed by atoms with van der Waals surface area (Å²) in [6, 6.07) is 7.49. The third-order valence-electron chi connectivity index (χ3n) is 4.61. The lowest BCUT2D eigenvalue weighted by molar-refractivity contribution is 0.425. The van der Waals surface area contributed by atoms with Gasteiger partial charge in [0.1, 0.15) is 0 Å². The molecule has 0 radical (unpaired) electrons. The number of thiophene rings is 1. The second-order valence-corrected chi connectivity index (χ2v) is 9.81. The van der Waals surface area contributed by atoms with Gasteiger partial charge in [0.15, 0.2) is 0 Å². The van der Waals surface area contributed by atoms with E-state index in [0.717, 1.165) is 21.5 Å². The molecule has 120 valence electrons. The van der Waals surface area contributed by atoms with Crippen LogP contribution in [-0.2, 0) is 10.0 Å². The van der Waals surface area contributed by atoms with Crippen molar-refractivity contribution in [2.24, 2.45) is 11.1 Å². The molecule has 1 aromatic carbocycles. The molecule has 0 spiro atoms. The van der Waals surface area contributed by atoms with E-state index in [2.05, 4.69) is 44.8 Å². The topological polar surface area (TPSA) is 72.2 Å². The first-order valence-electron chi connectivity index (χ1n) is 7.27.